The molecule has 0 atom stereocenters. The third kappa shape index (κ3) is 2.82. The molecule has 4 nitrogen and oxygen atoms in total. The molecule has 0 bridgehead atoms. The minimum Gasteiger partial charge on any atom is -0.397 e. The van der Waals surface area contributed by atoms with Crippen molar-refractivity contribution in [2.75, 3.05) is 12.8 Å². The number of nitrogen functional groups attached to an aromatic ring is 1. The van der Waals surface area contributed by atoms with Gasteiger partial charge in [0, 0.05) is 11.9 Å². The van der Waals surface area contributed by atoms with Gasteiger partial charge in [-0.05, 0) is 23.6 Å². The molecule has 0 radical (unpaired) electrons. The van der Waals surface area contributed by atoms with Gasteiger partial charge in [0.1, 0.15) is 5.69 Å². The van der Waals surface area contributed by atoms with Gasteiger partial charge in [0.25, 0.3) is 5.91 Å². The molecule has 0 spiro atoms. The van der Waals surface area contributed by atoms with Crippen molar-refractivity contribution in [2.45, 2.75) is 6.54 Å². The molecule has 0 fully saturated rings. The molecule has 0 aliphatic heterocycles. The summed E-state index contributed by atoms with van der Waals surface area (Å²) >= 11 is 1.63. The van der Waals surface area contributed by atoms with Crippen molar-refractivity contribution in [3.63, 3.8) is 0 Å². The van der Waals surface area contributed by atoms with Crippen LogP contribution in [0.25, 0.3) is 0 Å². The summed E-state index contributed by atoms with van der Waals surface area (Å²) in [5, 5.41) is 2.00. The average Bonchev–Trinajstić information content (AvgIpc) is 2.82. The summed E-state index contributed by atoms with van der Waals surface area (Å²) < 4.78 is 0. The van der Waals surface area contributed by atoms with Crippen molar-refractivity contribution in [3.8, 4) is 0 Å². The van der Waals surface area contributed by atoms with Gasteiger partial charge < -0.3 is 10.6 Å². The molecule has 88 valence electrons. The molecule has 2 aromatic heterocycles. The fourth-order valence-corrected chi connectivity index (χ4v) is 2.19. The predicted molar refractivity (Wildman–Crippen MR) is 68.8 cm³/mol. The number of hydrogen-bond donors (Lipinski definition) is 1. The highest BCUT2D eigenvalue weighted by atomic mass is 32.1. The van der Waals surface area contributed by atoms with Gasteiger partial charge >= 0.3 is 0 Å². The van der Waals surface area contributed by atoms with Crippen LogP contribution in [0.5, 0.6) is 0 Å². The van der Waals surface area contributed by atoms with E-state index in [2.05, 4.69) is 4.98 Å². The van der Waals surface area contributed by atoms with Gasteiger partial charge in [-0.1, -0.05) is 6.07 Å². The van der Waals surface area contributed by atoms with Crippen LogP contribution in [0.2, 0.25) is 0 Å². The highest BCUT2D eigenvalue weighted by Gasteiger charge is 2.13. The van der Waals surface area contributed by atoms with Crippen molar-refractivity contribution in [1.82, 2.24) is 9.88 Å². The van der Waals surface area contributed by atoms with Crippen LogP contribution >= 0.6 is 11.3 Å². The molecule has 2 rings (SSSR count). The average molecular weight is 247 g/mol. The van der Waals surface area contributed by atoms with Gasteiger partial charge in [-0.2, -0.15) is 0 Å². The van der Waals surface area contributed by atoms with Crippen molar-refractivity contribution >= 4 is 22.9 Å². The summed E-state index contributed by atoms with van der Waals surface area (Å²) in [7, 11) is 1.76. The molecule has 0 aliphatic rings. The Bertz CT molecular complexity index is 493. The van der Waals surface area contributed by atoms with Crippen LogP contribution in [-0.4, -0.2) is 22.8 Å². The monoisotopic (exact) mass is 247 g/mol. The van der Waals surface area contributed by atoms with Crippen LogP contribution in [0.1, 0.15) is 15.4 Å². The lowest BCUT2D eigenvalue weighted by molar-refractivity contribution is 0.0780. The summed E-state index contributed by atoms with van der Waals surface area (Å²) in [6.45, 7) is 0.600. The number of anilines is 1. The zero-order valence-corrected chi connectivity index (χ0v) is 10.3. The number of carbonyl (C=O) groups is 1. The molecule has 0 aliphatic carbocycles. The molecule has 1 amide bonds. The molecule has 0 unspecified atom stereocenters. The van der Waals surface area contributed by atoms with Gasteiger partial charge in [0.2, 0.25) is 0 Å². The van der Waals surface area contributed by atoms with Crippen molar-refractivity contribution in [3.05, 3.63) is 46.4 Å². The largest absolute Gasteiger partial charge is 0.397 e. The summed E-state index contributed by atoms with van der Waals surface area (Å²) in [4.78, 5) is 18.8. The van der Waals surface area contributed by atoms with Crippen molar-refractivity contribution < 1.29 is 4.79 Å². The number of pyridine rings is 1. The van der Waals surface area contributed by atoms with Gasteiger partial charge in [-0.25, -0.2) is 4.98 Å². The number of carbonyl (C=O) groups excluding carboxylic acids is 1. The highest BCUT2D eigenvalue weighted by Crippen LogP contribution is 2.12. The van der Waals surface area contributed by atoms with Crippen LogP contribution in [0.15, 0.2) is 35.8 Å². The maximum atomic E-state index is 12.0. The quantitative estimate of drug-likeness (QED) is 0.902. The molecule has 2 heterocycles. The molecule has 0 aromatic carbocycles. The molecular formula is C12H13N3OS. The normalized spacial score (nSPS) is 10.2. The van der Waals surface area contributed by atoms with E-state index in [1.807, 2.05) is 17.5 Å². The van der Waals surface area contributed by atoms with E-state index >= 15 is 0 Å². The van der Waals surface area contributed by atoms with Gasteiger partial charge in [-0.3, -0.25) is 4.79 Å². The topological polar surface area (TPSA) is 59.2 Å². The smallest absolute Gasteiger partial charge is 0.272 e. The number of amides is 1. The van der Waals surface area contributed by atoms with Crippen molar-refractivity contribution in [1.29, 1.82) is 0 Å². The Kier molecular flexibility index (Phi) is 3.39. The van der Waals surface area contributed by atoms with Crippen LogP contribution in [0.3, 0.4) is 0 Å². The summed E-state index contributed by atoms with van der Waals surface area (Å²) in [6, 6.07) is 7.30. The van der Waals surface area contributed by atoms with Gasteiger partial charge in [0.15, 0.2) is 0 Å². The van der Waals surface area contributed by atoms with Crippen LogP contribution < -0.4 is 5.73 Å². The Labute approximate surface area is 104 Å². The lowest BCUT2D eigenvalue weighted by atomic mass is 10.3. The Morgan fingerprint density at radius 1 is 1.47 bits per heavy atom. The number of rotatable bonds is 3. The minimum atomic E-state index is -0.0987. The Morgan fingerprint density at radius 2 is 2.29 bits per heavy atom. The number of nitrogens with two attached hydrogens (primary N) is 1. The molecule has 2 N–H and O–H groups in total. The van der Waals surface area contributed by atoms with E-state index in [0.29, 0.717) is 17.9 Å². The van der Waals surface area contributed by atoms with Crippen molar-refractivity contribution in [2.24, 2.45) is 0 Å². The Balaban J connectivity index is 2.07. The first-order valence-corrected chi connectivity index (χ1v) is 6.04. The zero-order chi connectivity index (χ0) is 12.3. The first-order chi connectivity index (χ1) is 8.16. The minimum absolute atomic E-state index is 0.0987. The summed E-state index contributed by atoms with van der Waals surface area (Å²) in [5.74, 6) is -0.0987. The van der Waals surface area contributed by atoms with E-state index in [9.17, 15) is 4.79 Å². The third-order valence-electron chi connectivity index (χ3n) is 2.33. The van der Waals surface area contributed by atoms with E-state index in [1.165, 1.54) is 6.20 Å². The number of aromatic nitrogens is 1. The second-order valence-corrected chi connectivity index (χ2v) is 4.75. The maximum Gasteiger partial charge on any atom is 0.272 e. The lowest BCUT2D eigenvalue weighted by Crippen LogP contribution is -2.26. The summed E-state index contributed by atoms with van der Waals surface area (Å²) in [6.07, 6.45) is 1.49. The van der Waals surface area contributed by atoms with E-state index in [1.54, 1.807) is 35.4 Å². The molecular weight excluding hydrogens is 234 g/mol. The fraction of sp³-hybridized carbons (Fsp3) is 0.167. The number of thiophene rings is 1. The molecule has 2 aromatic rings. The second kappa shape index (κ2) is 4.97. The molecule has 5 heteroatoms. The molecule has 0 saturated carbocycles. The third-order valence-corrected chi connectivity index (χ3v) is 3.19. The van der Waals surface area contributed by atoms with Crippen LogP contribution in [0, 0.1) is 0 Å². The highest BCUT2D eigenvalue weighted by molar-refractivity contribution is 7.09. The van der Waals surface area contributed by atoms with Crippen LogP contribution in [0.4, 0.5) is 5.69 Å². The standard InChI is InChI=1S/C12H13N3OS/c1-15(8-10-3-2-6-17-10)12(16)11-5-4-9(13)7-14-11/h2-7H,8,13H2,1H3. The Hall–Kier alpha value is -1.88. The Morgan fingerprint density at radius 3 is 2.88 bits per heavy atom. The fourth-order valence-electron chi connectivity index (χ4n) is 1.44. The second-order valence-electron chi connectivity index (χ2n) is 3.72. The number of hydrogen-bond acceptors (Lipinski definition) is 4. The van der Waals surface area contributed by atoms with Crippen LogP contribution in [-0.2, 0) is 6.54 Å². The first-order valence-electron chi connectivity index (χ1n) is 5.16. The van der Waals surface area contributed by atoms with E-state index < -0.39 is 0 Å². The number of nitrogens with zero attached hydrogens (tertiary/aromatic N) is 2. The lowest BCUT2D eigenvalue weighted by Gasteiger charge is -2.15. The summed E-state index contributed by atoms with van der Waals surface area (Å²) in [5.41, 5.74) is 6.50. The first kappa shape index (κ1) is 11.6. The zero-order valence-electron chi connectivity index (χ0n) is 9.46. The molecule has 0 saturated heterocycles. The van der Waals surface area contributed by atoms with E-state index in [4.69, 9.17) is 5.73 Å². The van der Waals surface area contributed by atoms with E-state index in [0.717, 1.165) is 4.88 Å². The predicted octanol–water partition coefficient (Wildman–Crippen LogP) is 2.00. The van der Waals surface area contributed by atoms with Gasteiger partial charge in [-0.15, -0.1) is 11.3 Å². The SMILES string of the molecule is CN(Cc1cccs1)C(=O)c1ccc(N)cn1. The van der Waals surface area contributed by atoms with E-state index in [-0.39, 0.29) is 5.91 Å². The maximum absolute atomic E-state index is 12.0. The van der Waals surface area contributed by atoms with Gasteiger partial charge in [0.05, 0.1) is 18.4 Å². The molecule has 17 heavy (non-hydrogen) atoms.